The summed E-state index contributed by atoms with van der Waals surface area (Å²) in [6, 6.07) is -5.90. The van der Waals surface area contributed by atoms with Gasteiger partial charge >= 0.3 is 11.9 Å². The molecule has 9 amide bonds. The van der Waals surface area contributed by atoms with Crippen molar-refractivity contribution in [1.29, 1.82) is 0 Å². The Bertz CT molecular complexity index is 1960. The zero-order valence-electron chi connectivity index (χ0n) is 39.4. The highest BCUT2D eigenvalue weighted by atomic mass is 16.4. The molecule has 0 unspecified atom stereocenters. The summed E-state index contributed by atoms with van der Waals surface area (Å²) >= 11 is 0. The number of aliphatic hydroxyl groups excluding tert-OH is 1. The number of primary amides is 1. The summed E-state index contributed by atoms with van der Waals surface area (Å²) in [5.41, 5.74) is 12.0. The van der Waals surface area contributed by atoms with Gasteiger partial charge in [0.05, 0.1) is 31.5 Å². The topological polar surface area (TPSA) is 417 Å². The smallest absolute Gasteiger partial charge is 0.326 e. The molecule has 0 heterocycles. The van der Waals surface area contributed by atoms with Gasteiger partial charge in [-0.3, -0.25) is 47.9 Å². The van der Waals surface area contributed by atoms with Crippen molar-refractivity contribution in [2.45, 2.75) is 142 Å². The van der Waals surface area contributed by atoms with Crippen LogP contribution in [0.5, 0.6) is 5.75 Å². The van der Waals surface area contributed by atoms with Crippen LogP contribution < -0.4 is 54.0 Å². The average molecular weight is 965 g/mol. The normalized spacial score (nSPS) is 15.5. The van der Waals surface area contributed by atoms with Gasteiger partial charge < -0.3 is 74.4 Å². The number of amides is 9. The molecule has 0 bridgehead atoms. The van der Waals surface area contributed by atoms with Gasteiger partial charge in [0.15, 0.2) is 0 Å². The predicted molar refractivity (Wildman–Crippen MR) is 241 cm³/mol. The van der Waals surface area contributed by atoms with E-state index >= 15 is 0 Å². The van der Waals surface area contributed by atoms with Crippen molar-refractivity contribution in [1.82, 2.24) is 42.5 Å². The SMILES string of the molecule is CC[C@H](C)[C@H](NC(=O)[C@@H](NC(=O)[C@@H](NC(=O)CNC(=O)[C@H](C)NC(=O)[C@@H](N)Cc1ccc(O)cc1)[C@H](C)O)C(C)C)C(=O)N[C@@H](CC(N)=O)C(=O)N[C@@H](CC(=O)O)C(=O)N[C@@H](CC(C)C)C(=O)O. The molecule has 0 saturated heterocycles. The summed E-state index contributed by atoms with van der Waals surface area (Å²) < 4.78 is 0. The van der Waals surface area contributed by atoms with Crippen LogP contribution in [0.1, 0.15) is 86.6 Å². The fourth-order valence-electron chi connectivity index (χ4n) is 6.33. The number of nitrogens with one attached hydrogen (secondary N) is 8. The third kappa shape index (κ3) is 20.7. The zero-order valence-corrected chi connectivity index (χ0v) is 39.4. The standard InChI is InChI=1S/C43H68N10O15/c1-9-21(6)34(41(65)49-27(16-30(45)56)38(62)48-28(17-32(58)59)39(63)50-29(43(67)68)14-19(2)3)53-40(64)33(20(4)5)52-42(66)35(23(8)54)51-31(57)18-46-36(60)22(7)47-37(61)26(44)15-24-10-12-25(55)13-11-24/h10-13,19-23,26-29,33-35,54-55H,9,14-18,44H2,1-8H3,(H2,45,56)(H,46,60)(H,47,61)(H,48,62)(H,49,65)(H,50,63)(H,51,57)(H,52,66)(H,53,64)(H,58,59)(H,67,68)/t21-,22-,23-,26-,27-,28-,29-,33-,34-,35-/m0/s1. The highest BCUT2D eigenvalue weighted by Crippen LogP contribution is 2.14. The molecule has 0 fully saturated rings. The van der Waals surface area contributed by atoms with Crippen LogP contribution in [-0.4, -0.2) is 147 Å². The van der Waals surface area contributed by atoms with Crippen molar-refractivity contribution < 1.29 is 73.2 Å². The number of aliphatic carboxylic acids is 2. The highest BCUT2D eigenvalue weighted by Gasteiger charge is 2.37. The number of aromatic hydroxyl groups is 1. The van der Waals surface area contributed by atoms with Gasteiger partial charge in [0, 0.05) is 0 Å². The summed E-state index contributed by atoms with van der Waals surface area (Å²) in [7, 11) is 0. The lowest BCUT2D eigenvalue weighted by molar-refractivity contribution is -0.144. The van der Waals surface area contributed by atoms with Crippen molar-refractivity contribution in [2.75, 3.05) is 6.54 Å². The second-order valence-electron chi connectivity index (χ2n) is 17.2. The minimum atomic E-state index is -1.87. The van der Waals surface area contributed by atoms with Crippen LogP contribution >= 0.6 is 0 Å². The Kier molecular flexibility index (Phi) is 24.6. The lowest BCUT2D eigenvalue weighted by atomic mass is 9.95. The van der Waals surface area contributed by atoms with E-state index in [0.29, 0.717) is 5.56 Å². The van der Waals surface area contributed by atoms with Gasteiger partial charge in [-0.05, 0) is 62.1 Å². The quantitative estimate of drug-likeness (QED) is 0.0368. The summed E-state index contributed by atoms with van der Waals surface area (Å²) in [5.74, 6) is -13.5. The molecule has 1 rings (SSSR count). The number of benzene rings is 1. The van der Waals surface area contributed by atoms with E-state index in [0.717, 1.165) is 0 Å². The van der Waals surface area contributed by atoms with Gasteiger partial charge in [-0.15, -0.1) is 0 Å². The number of hydrogen-bond donors (Lipinski definition) is 14. The van der Waals surface area contributed by atoms with Crippen molar-refractivity contribution in [3.63, 3.8) is 0 Å². The number of carboxylic acids is 2. The lowest BCUT2D eigenvalue weighted by Crippen LogP contribution is -2.62. The molecule has 25 heteroatoms. The zero-order chi connectivity index (χ0) is 52.2. The second kappa shape index (κ2) is 28.3. The number of hydrogen-bond acceptors (Lipinski definition) is 14. The number of carbonyl (C=O) groups is 11. The average Bonchev–Trinajstić information content (AvgIpc) is 3.24. The van der Waals surface area contributed by atoms with Gasteiger partial charge in [-0.2, -0.15) is 0 Å². The first-order valence-corrected chi connectivity index (χ1v) is 21.9. The van der Waals surface area contributed by atoms with Crippen molar-refractivity contribution >= 4 is 65.1 Å². The Hall–Kier alpha value is -6.89. The summed E-state index contributed by atoms with van der Waals surface area (Å²) in [6.07, 6.45) is -3.12. The predicted octanol–water partition coefficient (Wildman–Crippen LogP) is -3.64. The van der Waals surface area contributed by atoms with E-state index in [-0.39, 0.29) is 30.9 Å². The molecule has 25 nitrogen and oxygen atoms in total. The van der Waals surface area contributed by atoms with E-state index in [2.05, 4.69) is 42.5 Å². The van der Waals surface area contributed by atoms with Gasteiger partial charge in [-0.25, -0.2) is 4.79 Å². The van der Waals surface area contributed by atoms with E-state index in [1.807, 2.05) is 0 Å². The number of carboxylic acid groups (broad SMARTS) is 2. The summed E-state index contributed by atoms with van der Waals surface area (Å²) in [6.45, 7) is 11.5. The Morgan fingerprint density at radius 2 is 1.10 bits per heavy atom. The highest BCUT2D eigenvalue weighted by molar-refractivity contribution is 5.99. The minimum absolute atomic E-state index is 0.0277. The Morgan fingerprint density at radius 3 is 1.59 bits per heavy atom. The first-order chi connectivity index (χ1) is 31.6. The molecule has 0 radical (unpaired) electrons. The minimum Gasteiger partial charge on any atom is -0.508 e. The number of phenols is 1. The molecule has 0 aliphatic carbocycles. The maximum absolute atomic E-state index is 13.8. The molecule has 1 aromatic rings. The molecule has 0 aromatic heterocycles. The van der Waals surface area contributed by atoms with Gasteiger partial charge in [-0.1, -0.05) is 60.1 Å². The monoisotopic (exact) mass is 964 g/mol. The molecule has 1 aromatic carbocycles. The van der Waals surface area contributed by atoms with Crippen LogP contribution in [-0.2, 0) is 59.2 Å². The van der Waals surface area contributed by atoms with Crippen LogP contribution in [0, 0.1) is 17.8 Å². The van der Waals surface area contributed by atoms with Gasteiger partial charge in [0.1, 0.15) is 48.0 Å². The second-order valence-corrected chi connectivity index (χ2v) is 17.2. The number of aliphatic hydroxyl groups is 1. The molecule has 10 atom stereocenters. The van der Waals surface area contributed by atoms with E-state index in [1.165, 1.54) is 39.8 Å². The van der Waals surface area contributed by atoms with Crippen molar-refractivity contribution in [3.05, 3.63) is 29.8 Å². The third-order valence-electron chi connectivity index (χ3n) is 10.4. The van der Waals surface area contributed by atoms with Crippen LogP contribution in [0.2, 0.25) is 0 Å². The summed E-state index contributed by atoms with van der Waals surface area (Å²) in [5, 5.41) is 57.5. The molecular formula is C43H68N10O15. The van der Waals surface area contributed by atoms with E-state index < -0.39 is 151 Å². The Labute approximate surface area is 393 Å². The molecule has 380 valence electrons. The first kappa shape index (κ1) is 59.1. The number of rotatable bonds is 29. The van der Waals surface area contributed by atoms with Gasteiger partial charge in [0.25, 0.3) is 0 Å². The molecule has 0 saturated carbocycles. The van der Waals surface area contributed by atoms with Crippen LogP contribution in [0.25, 0.3) is 0 Å². The maximum Gasteiger partial charge on any atom is 0.326 e. The first-order valence-electron chi connectivity index (χ1n) is 21.9. The Balaban J connectivity index is 3.12. The van der Waals surface area contributed by atoms with E-state index in [9.17, 15) is 73.2 Å². The molecule has 16 N–H and O–H groups in total. The number of nitrogens with two attached hydrogens (primary N) is 2. The van der Waals surface area contributed by atoms with Crippen LogP contribution in [0.4, 0.5) is 0 Å². The molecule has 68 heavy (non-hydrogen) atoms. The van der Waals surface area contributed by atoms with Crippen molar-refractivity contribution in [2.24, 2.45) is 29.2 Å². The van der Waals surface area contributed by atoms with E-state index in [1.54, 1.807) is 39.8 Å². The number of phenolic OH excluding ortho intramolecular Hbond substituents is 1. The Morgan fingerprint density at radius 1 is 0.603 bits per heavy atom. The van der Waals surface area contributed by atoms with Crippen LogP contribution in [0.15, 0.2) is 24.3 Å². The molecule has 0 spiro atoms. The fourth-order valence-corrected chi connectivity index (χ4v) is 6.33. The molecule has 0 aliphatic heterocycles. The molecular weight excluding hydrogens is 897 g/mol. The maximum atomic E-state index is 13.8. The lowest BCUT2D eigenvalue weighted by Gasteiger charge is -2.30. The fraction of sp³-hybridized carbons (Fsp3) is 0.605. The van der Waals surface area contributed by atoms with Crippen molar-refractivity contribution in [3.8, 4) is 5.75 Å². The largest absolute Gasteiger partial charge is 0.508 e. The molecule has 0 aliphatic rings. The number of carbonyl (C=O) groups excluding carboxylic acids is 9. The van der Waals surface area contributed by atoms with E-state index in [4.69, 9.17) is 11.5 Å². The van der Waals surface area contributed by atoms with Crippen LogP contribution in [0.3, 0.4) is 0 Å². The third-order valence-corrected chi connectivity index (χ3v) is 10.4. The summed E-state index contributed by atoms with van der Waals surface area (Å²) in [4.78, 5) is 141. The van der Waals surface area contributed by atoms with Gasteiger partial charge in [0.2, 0.25) is 53.2 Å².